The lowest BCUT2D eigenvalue weighted by Crippen LogP contribution is -2.52. The maximum Gasteiger partial charge on any atom is 0.243 e. The summed E-state index contributed by atoms with van der Waals surface area (Å²) in [6, 6.07) is 11.7. The summed E-state index contributed by atoms with van der Waals surface area (Å²) in [6.45, 7) is 6.02. The molecule has 2 aliphatic rings. The van der Waals surface area contributed by atoms with Crippen LogP contribution in [0, 0.1) is 5.92 Å². The first-order chi connectivity index (χ1) is 14.1. The Hall–Kier alpha value is -1.80. The van der Waals surface area contributed by atoms with Gasteiger partial charge < -0.3 is 4.74 Å². The molecule has 0 N–H and O–H groups in total. The van der Waals surface area contributed by atoms with Crippen LogP contribution in [0.5, 0.6) is 0 Å². The molecule has 4 rings (SSSR count). The number of sulfonamides is 1. The van der Waals surface area contributed by atoms with Crippen molar-refractivity contribution >= 4 is 10.0 Å². The lowest BCUT2D eigenvalue weighted by Gasteiger charge is -2.41. The van der Waals surface area contributed by atoms with Gasteiger partial charge in [0.25, 0.3) is 0 Å². The minimum atomic E-state index is -3.49. The van der Waals surface area contributed by atoms with E-state index < -0.39 is 10.0 Å². The van der Waals surface area contributed by atoms with Crippen molar-refractivity contribution in [1.29, 1.82) is 0 Å². The fraction of sp³-hybridized carbons (Fsp3) is 0.500. The molecule has 29 heavy (non-hydrogen) atoms. The van der Waals surface area contributed by atoms with E-state index in [1.807, 2.05) is 37.4 Å². The maximum absolute atomic E-state index is 13.4. The number of benzene rings is 1. The van der Waals surface area contributed by atoms with E-state index in [9.17, 15) is 8.42 Å². The van der Waals surface area contributed by atoms with Gasteiger partial charge in [-0.2, -0.15) is 4.31 Å². The highest BCUT2D eigenvalue weighted by atomic mass is 32.2. The number of ether oxygens (including phenoxy) is 1. The molecule has 1 aromatic carbocycles. The molecule has 2 aliphatic heterocycles. The molecule has 0 aliphatic carbocycles. The zero-order valence-corrected chi connectivity index (χ0v) is 17.7. The minimum Gasteiger partial charge on any atom is -0.380 e. The van der Waals surface area contributed by atoms with Crippen molar-refractivity contribution < 1.29 is 13.2 Å². The van der Waals surface area contributed by atoms with Gasteiger partial charge in [-0.3, -0.25) is 9.88 Å². The summed E-state index contributed by atoms with van der Waals surface area (Å²) in [5, 5.41) is 0. The van der Waals surface area contributed by atoms with Crippen LogP contribution in [0.4, 0.5) is 0 Å². The third-order valence-corrected chi connectivity index (χ3v) is 8.03. The number of nitrogens with zero attached hydrogens (tertiary/aromatic N) is 3. The van der Waals surface area contributed by atoms with Gasteiger partial charge in [0, 0.05) is 50.5 Å². The first kappa shape index (κ1) is 20.5. The molecular weight excluding hydrogens is 386 g/mol. The van der Waals surface area contributed by atoms with Crippen LogP contribution in [0.15, 0.2) is 53.7 Å². The Balaban J connectivity index is 1.53. The van der Waals surface area contributed by atoms with Gasteiger partial charge in [0.15, 0.2) is 0 Å². The second-order valence-corrected chi connectivity index (χ2v) is 9.75. The summed E-state index contributed by atoms with van der Waals surface area (Å²) >= 11 is 0. The normalized spacial score (nSPS) is 24.0. The van der Waals surface area contributed by atoms with E-state index >= 15 is 0 Å². The summed E-state index contributed by atoms with van der Waals surface area (Å²) in [5.74, 6) is 0.173. The molecule has 0 amide bonds. The fourth-order valence-corrected chi connectivity index (χ4v) is 6.35. The van der Waals surface area contributed by atoms with E-state index in [1.54, 1.807) is 16.6 Å². The highest BCUT2D eigenvalue weighted by Gasteiger charge is 2.39. The van der Waals surface area contributed by atoms with Gasteiger partial charge in [-0.25, -0.2) is 8.42 Å². The van der Waals surface area contributed by atoms with Gasteiger partial charge in [-0.1, -0.05) is 31.2 Å². The molecular formula is C22H29N3O3S. The van der Waals surface area contributed by atoms with E-state index in [-0.39, 0.29) is 5.92 Å². The molecule has 1 aromatic heterocycles. The molecule has 2 atom stereocenters. The molecule has 2 saturated heterocycles. The van der Waals surface area contributed by atoms with Gasteiger partial charge in [-0.05, 0) is 36.1 Å². The molecule has 6 nitrogen and oxygen atoms in total. The van der Waals surface area contributed by atoms with Crippen LogP contribution in [0.1, 0.15) is 24.5 Å². The Morgan fingerprint density at radius 1 is 1.17 bits per heavy atom. The Labute approximate surface area is 173 Å². The summed E-state index contributed by atoms with van der Waals surface area (Å²) in [6.07, 6.45) is 5.22. The van der Waals surface area contributed by atoms with Crippen molar-refractivity contribution in [2.45, 2.75) is 37.2 Å². The summed E-state index contributed by atoms with van der Waals surface area (Å²) < 4.78 is 34.3. The molecule has 156 valence electrons. The number of pyridine rings is 1. The topological polar surface area (TPSA) is 62.7 Å². The number of aromatic nitrogens is 1. The zero-order chi connectivity index (χ0) is 20.3. The van der Waals surface area contributed by atoms with E-state index in [4.69, 9.17) is 4.74 Å². The SMILES string of the molecule is CCc1ccccc1S(=O)(=O)N1CC[C@@H]2[C@@H](COCCN2Cc2cccnc2)C1. The monoisotopic (exact) mass is 415 g/mol. The van der Waals surface area contributed by atoms with Crippen LogP contribution in [0.25, 0.3) is 0 Å². The average molecular weight is 416 g/mol. The zero-order valence-electron chi connectivity index (χ0n) is 16.9. The second kappa shape index (κ2) is 8.92. The lowest BCUT2D eigenvalue weighted by molar-refractivity contribution is 0.0761. The quantitative estimate of drug-likeness (QED) is 0.751. The number of rotatable bonds is 5. The van der Waals surface area contributed by atoms with Gasteiger partial charge >= 0.3 is 0 Å². The highest BCUT2D eigenvalue weighted by Crippen LogP contribution is 2.30. The van der Waals surface area contributed by atoms with Crippen molar-refractivity contribution in [2.24, 2.45) is 5.92 Å². The van der Waals surface area contributed by atoms with Crippen molar-refractivity contribution in [2.75, 3.05) is 32.8 Å². The molecule has 7 heteroatoms. The molecule has 0 bridgehead atoms. The number of piperidine rings is 1. The van der Waals surface area contributed by atoms with Crippen molar-refractivity contribution in [3.63, 3.8) is 0 Å². The van der Waals surface area contributed by atoms with Gasteiger partial charge in [-0.15, -0.1) is 0 Å². The smallest absolute Gasteiger partial charge is 0.243 e. The van der Waals surface area contributed by atoms with Crippen LogP contribution >= 0.6 is 0 Å². The number of hydrogen-bond acceptors (Lipinski definition) is 5. The first-order valence-corrected chi connectivity index (χ1v) is 11.8. The van der Waals surface area contributed by atoms with Crippen LogP contribution in [-0.2, 0) is 27.7 Å². The molecule has 2 aromatic rings. The summed E-state index contributed by atoms with van der Waals surface area (Å²) in [5.41, 5.74) is 2.06. The predicted octanol–water partition coefficient (Wildman–Crippen LogP) is 2.56. The maximum atomic E-state index is 13.4. The third-order valence-electron chi connectivity index (χ3n) is 6.06. The molecule has 0 saturated carbocycles. The standard InChI is InChI=1S/C22H29N3O3S/c1-2-19-7-3-4-8-22(19)29(26,27)25-11-9-21-20(16-25)17-28-13-12-24(21)15-18-6-5-10-23-14-18/h3-8,10,14,20-21H,2,9,11-13,15-17H2,1H3/t20-,21-/m1/s1. The third kappa shape index (κ3) is 4.38. The second-order valence-electron chi connectivity index (χ2n) is 7.85. The van der Waals surface area contributed by atoms with E-state index in [0.29, 0.717) is 43.7 Å². The Kier molecular flexibility index (Phi) is 6.29. The predicted molar refractivity (Wildman–Crippen MR) is 112 cm³/mol. The van der Waals surface area contributed by atoms with Gasteiger partial charge in [0.2, 0.25) is 10.0 Å². The van der Waals surface area contributed by atoms with Crippen LogP contribution in [0.3, 0.4) is 0 Å². The van der Waals surface area contributed by atoms with Gasteiger partial charge in [0.1, 0.15) is 0 Å². The van der Waals surface area contributed by atoms with Crippen LogP contribution < -0.4 is 0 Å². The largest absolute Gasteiger partial charge is 0.380 e. The van der Waals surface area contributed by atoms with Crippen molar-refractivity contribution in [3.05, 3.63) is 59.9 Å². The fourth-order valence-electron chi connectivity index (χ4n) is 4.54. The summed E-state index contributed by atoms with van der Waals surface area (Å²) in [4.78, 5) is 7.12. The number of aryl methyl sites for hydroxylation is 1. The number of hydrogen-bond donors (Lipinski definition) is 0. The Morgan fingerprint density at radius 2 is 2.03 bits per heavy atom. The molecule has 0 spiro atoms. The van der Waals surface area contributed by atoms with Gasteiger partial charge in [0.05, 0.1) is 18.1 Å². The molecule has 0 radical (unpaired) electrons. The van der Waals surface area contributed by atoms with Crippen LogP contribution in [-0.4, -0.2) is 61.5 Å². The molecule has 3 heterocycles. The van der Waals surface area contributed by atoms with Crippen LogP contribution in [0.2, 0.25) is 0 Å². The molecule has 2 fully saturated rings. The Morgan fingerprint density at radius 3 is 2.83 bits per heavy atom. The van der Waals surface area contributed by atoms with E-state index in [0.717, 1.165) is 25.1 Å². The molecule has 0 unspecified atom stereocenters. The first-order valence-electron chi connectivity index (χ1n) is 10.4. The van der Waals surface area contributed by atoms with Crippen molar-refractivity contribution in [1.82, 2.24) is 14.2 Å². The summed E-state index contributed by atoms with van der Waals surface area (Å²) in [7, 11) is -3.49. The number of fused-ring (bicyclic) bond motifs is 1. The van der Waals surface area contributed by atoms with Crippen molar-refractivity contribution in [3.8, 4) is 0 Å². The average Bonchev–Trinajstić information content (AvgIpc) is 2.96. The Bertz CT molecular complexity index is 920. The highest BCUT2D eigenvalue weighted by molar-refractivity contribution is 7.89. The lowest BCUT2D eigenvalue weighted by atomic mass is 9.92. The van der Waals surface area contributed by atoms with E-state index in [1.165, 1.54) is 5.56 Å². The van der Waals surface area contributed by atoms with E-state index in [2.05, 4.69) is 16.0 Å². The minimum absolute atomic E-state index is 0.173.